The van der Waals surface area contributed by atoms with Crippen molar-refractivity contribution in [2.75, 3.05) is 31.2 Å². The topological polar surface area (TPSA) is 25.4 Å². The third-order valence-corrected chi connectivity index (χ3v) is 2.24. The maximum Gasteiger partial charge on any atom is 0.166 e. The summed E-state index contributed by atoms with van der Waals surface area (Å²) < 4.78 is 18.5. The largest absolute Gasteiger partial charge is 0.378 e. The molecule has 2 rings (SSSR count). The van der Waals surface area contributed by atoms with E-state index in [9.17, 15) is 4.39 Å². The highest BCUT2D eigenvalue weighted by molar-refractivity contribution is 6.29. The van der Waals surface area contributed by atoms with Crippen LogP contribution in [0.4, 0.5) is 10.2 Å². The van der Waals surface area contributed by atoms with Crippen LogP contribution >= 0.6 is 11.6 Å². The van der Waals surface area contributed by atoms with E-state index in [1.165, 1.54) is 6.07 Å². The SMILES string of the molecule is Fc1c[c]c(Cl)nc1N1CCOCC1. The lowest BCUT2D eigenvalue weighted by Crippen LogP contribution is -2.37. The lowest BCUT2D eigenvalue weighted by Gasteiger charge is -2.27. The van der Waals surface area contributed by atoms with E-state index >= 15 is 0 Å². The van der Waals surface area contributed by atoms with Crippen LogP contribution in [0.3, 0.4) is 0 Å². The van der Waals surface area contributed by atoms with Crippen LogP contribution < -0.4 is 4.90 Å². The monoisotopic (exact) mass is 215 g/mol. The zero-order valence-corrected chi connectivity index (χ0v) is 8.22. The normalized spacial score (nSPS) is 17.1. The Hall–Kier alpha value is -0.870. The van der Waals surface area contributed by atoms with Crippen molar-refractivity contribution >= 4 is 17.4 Å². The molecule has 0 N–H and O–H groups in total. The predicted molar refractivity (Wildman–Crippen MR) is 51.1 cm³/mol. The molecule has 1 aromatic rings. The second kappa shape index (κ2) is 4.11. The van der Waals surface area contributed by atoms with Crippen LogP contribution in [0, 0.1) is 11.9 Å². The van der Waals surface area contributed by atoms with Crippen LogP contribution in [-0.2, 0) is 4.74 Å². The molecule has 5 heteroatoms. The van der Waals surface area contributed by atoms with E-state index in [0.717, 1.165) is 0 Å². The van der Waals surface area contributed by atoms with Crippen LogP contribution in [-0.4, -0.2) is 31.3 Å². The van der Waals surface area contributed by atoms with Crippen molar-refractivity contribution < 1.29 is 9.13 Å². The fourth-order valence-electron chi connectivity index (χ4n) is 1.36. The molecule has 1 aliphatic heterocycles. The van der Waals surface area contributed by atoms with Gasteiger partial charge in [0.15, 0.2) is 11.6 Å². The molecule has 0 bridgehead atoms. The first-order valence-electron chi connectivity index (χ1n) is 4.34. The standard InChI is InChI=1S/C9H9ClFN2O/c10-8-2-1-7(11)9(12-8)13-3-5-14-6-4-13/h1H,3-6H2. The molecule has 1 aromatic heterocycles. The van der Waals surface area contributed by atoms with Gasteiger partial charge in [-0.3, -0.25) is 0 Å². The Kier molecular flexibility index (Phi) is 2.84. The number of nitrogens with zero attached hydrogens (tertiary/aromatic N) is 2. The summed E-state index contributed by atoms with van der Waals surface area (Å²) in [6.07, 6.45) is 0. The van der Waals surface area contributed by atoms with Crippen molar-refractivity contribution in [2.24, 2.45) is 0 Å². The van der Waals surface area contributed by atoms with Gasteiger partial charge in [-0.15, -0.1) is 0 Å². The number of halogens is 2. The summed E-state index contributed by atoms with van der Waals surface area (Å²) >= 11 is 5.64. The maximum atomic E-state index is 13.3. The third-order valence-electron chi connectivity index (χ3n) is 2.05. The molecule has 0 saturated carbocycles. The summed E-state index contributed by atoms with van der Waals surface area (Å²) in [6.45, 7) is 2.48. The number of rotatable bonds is 1. The van der Waals surface area contributed by atoms with Gasteiger partial charge in [-0.05, 0) is 6.07 Å². The first-order chi connectivity index (χ1) is 6.77. The van der Waals surface area contributed by atoms with Crippen LogP contribution in [0.15, 0.2) is 6.07 Å². The number of morpholine rings is 1. The summed E-state index contributed by atoms with van der Waals surface area (Å²) in [6, 6.07) is 3.71. The molecule has 0 spiro atoms. The highest BCUT2D eigenvalue weighted by Crippen LogP contribution is 2.19. The van der Waals surface area contributed by atoms with Gasteiger partial charge in [-0.25, -0.2) is 9.37 Å². The quantitative estimate of drug-likeness (QED) is 0.664. The van der Waals surface area contributed by atoms with Gasteiger partial charge < -0.3 is 9.64 Å². The number of anilines is 1. The molecule has 75 valence electrons. The summed E-state index contributed by atoms with van der Waals surface area (Å²) in [7, 11) is 0. The molecule has 0 unspecified atom stereocenters. The van der Waals surface area contributed by atoms with Crippen molar-refractivity contribution in [3.05, 3.63) is 23.1 Å². The minimum absolute atomic E-state index is 0.188. The van der Waals surface area contributed by atoms with Crippen LogP contribution in [0.2, 0.25) is 5.15 Å². The van der Waals surface area contributed by atoms with Crippen LogP contribution in [0.25, 0.3) is 0 Å². The van der Waals surface area contributed by atoms with Gasteiger partial charge in [0.25, 0.3) is 0 Å². The Morgan fingerprint density at radius 3 is 2.93 bits per heavy atom. The van der Waals surface area contributed by atoms with E-state index in [0.29, 0.717) is 26.3 Å². The summed E-state index contributed by atoms with van der Waals surface area (Å²) in [5.41, 5.74) is 0. The minimum atomic E-state index is -0.392. The predicted octanol–water partition coefficient (Wildman–Crippen LogP) is 1.51. The lowest BCUT2D eigenvalue weighted by atomic mass is 10.3. The maximum absolute atomic E-state index is 13.3. The summed E-state index contributed by atoms with van der Waals surface area (Å²) in [4.78, 5) is 5.72. The van der Waals surface area contributed by atoms with Gasteiger partial charge in [0.1, 0.15) is 5.15 Å². The molecule has 2 heterocycles. The van der Waals surface area contributed by atoms with E-state index in [4.69, 9.17) is 16.3 Å². The number of pyridine rings is 1. The highest BCUT2D eigenvalue weighted by Gasteiger charge is 2.16. The summed E-state index contributed by atoms with van der Waals surface area (Å²) in [5.74, 6) is -0.103. The molecule has 1 fully saturated rings. The average Bonchev–Trinajstić information content (AvgIpc) is 2.23. The zero-order valence-electron chi connectivity index (χ0n) is 7.46. The van der Waals surface area contributed by atoms with Gasteiger partial charge in [0, 0.05) is 19.2 Å². The second-order valence-electron chi connectivity index (χ2n) is 2.96. The van der Waals surface area contributed by atoms with Gasteiger partial charge in [-0.1, -0.05) is 11.6 Å². The minimum Gasteiger partial charge on any atom is -0.378 e. The lowest BCUT2D eigenvalue weighted by molar-refractivity contribution is 0.122. The van der Waals surface area contributed by atoms with E-state index in [2.05, 4.69) is 11.1 Å². The zero-order chi connectivity index (χ0) is 9.97. The van der Waals surface area contributed by atoms with Crippen LogP contribution in [0.1, 0.15) is 0 Å². The van der Waals surface area contributed by atoms with Gasteiger partial charge in [0.05, 0.1) is 13.2 Å². The highest BCUT2D eigenvalue weighted by atomic mass is 35.5. The fourth-order valence-corrected chi connectivity index (χ4v) is 1.50. The molecule has 1 aliphatic rings. The first kappa shape index (κ1) is 9.68. The van der Waals surface area contributed by atoms with Gasteiger partial charge >= 0.3 is 0 Å². The molecule has 0 amide bonds. The number of hydrogen-bond donors (Lipinski definition) is 0. The number of ether oxygens (including phenoxy) is 1. The summed E-state index contributed by atoms with van der Waals surface area (Å²) in [5, 5.41) is 0.188. The van der Waals surface area contributed by atoms with Gasteiger partial charge in [-0.2, -0.15) is 0 Å². The molecule has 3 nitrogen and oxygen atoms in total. The average molecular weight is 216 g/mol. The second-order valence-corrected chi connectivity index (χ2v) is 3.32. The molecular weight excluding hydrogens is 207 g/mol. The molecule has 1 saturated heterocycles. The Morgan fingerprint density at radius 1 is 1.50 bits per heavy atom. The third kappa shape index (κ3) is 1.96. The van der Waals surface area contributed by atoms with Crippen molar-refractivity contribution in [3.8, 4) is 0 Å². The Balaban J connectivity index is 2.24. The van der Waals surface area contributed by atoms with Crippen molar-refractivity contribution in [1.29, 1.82) is 0 Å². The fraction of sp³-hybridized carbons (Fsp3) is 0.444. The smallest absolute Gasteiger partial charge is 0.166 e. The Bertz CT molecular complexity index is 329. The molecule has 0 aromatic carbocycles. The van der Waals surface area contributed by atoms with E-state index in [1.54, 1.807) is 0 Å². The molecule has 0 aliphatic carbocycles. The van der Waals surface area contributed by atoms with Crippen molar-refractivity contribution in [2.45, 2.75) is 0 Å². The number of hydrogen-bond acceptors (Lipinski definition) is 3. The molecular formula is C9H9ClFN2O. The van der Waals surface area contributed by atoms with Crippen molar-refractivity contribution in [1.82, 2.24) is 4.98 Å². The van der Waals surface area contributed by atoms with E-state index in [1.807, 2.05) is 4.90 Å². The Morgan fingerprint density at radius 2 is 2.21 bits per heavy atom. The van der Waals surface area contributed by atoms with Crippen molar-refractivity contribution in [3.63, 3.8) is 0 Å². The van der Waals surface area contributed by atoms with E-state index in [-0.39, 0.29) is 11.0 Å². The number of aromatic nitrogens is 1. The molecule has 0 atom stereocenters. The first-order valence-corrected chi connectivity index (χ1v) is 4.71. The van der Waals surface area contributed by atoms with Gasteiger partial charge in [0.2, 0.25) is 0 Å². The molecule has 14 heavy (non-hydrogen) atoms. The Labute approximate surface area is 86.4 Å². The van der Waals surface area contributed by atoms with E-state index < -0.39 is 5.82 Å². The molecule has 1 radical (unpaired) electrons. The van der Waals surface area contributed by atoms with Crippen LogP contribution in [0.5, 0.6) is 0 Å².